The van der Waals surface area contributed by atoms with E-state index in [1.807, 2.05) is 36.1 Å². The third kappa shape index (κ3) is 4.65. The zero-order valence-electron chi connectivity index (χ0n) is 26.6. The van der Waals surface area contributed by atoms with E-state index < -0.39 is 21.5 Å². The van der Waals surface area contributed by atoms with Crippen LogP contribution in [0, 0.1) is 18.3 Å². The molecule has 0 N–H and O–H groups in total. The van der Waals surface area contributed by atoms with Crippen molar-refractivity contribution in [2.24, 2.45) is 0 Å². The number of aryl methyl sites for hydroxylation is 1. The van der Waals surface area contributed by atoms with Crippen molar-refractivity contribution in [2.45, 2.75) is 17.4 Å². The van der Waals surface area contributed by atoms with Crippen LogP contribution in [0.25, 0.3) is 10.9 Å². The van der Waals surface area contributed by atoms with E-state index in [-0.39, 0.29) is 21.7 Å². The average molecular weight is 661 g/mol. The second-order valence-electron chi connectivity index (χ2n) is 11.7. The summed E-state index contributed by atoms with van der Waals surface area (Å²) in [5.74, 6) is 0.123. The Morgan fingerprint density at radius 1 is 0.875 bits per heavy atom. The first-order valence-electron chi connectivity index (χ1n) is 15.4. The minimum Gasteiger partial charge on any atom is -0.497 e. The number of piperazine rings is 1. The minimum absolute atomic E-state index is 0.0942. The summed E-state index contributed by atoms with van der Waals surface area (Å²) in [7, 11) is -1.52. The molecule has 5 aromatic rings. The first-order valence-corrected chi connectivity index (χ1v) is 16.8. The van der Waals surface area contributed by atoms with Gasteiger partial charge in [-0.2, -0.15) is 5.26 Å². The van der Waals surface area contributed by atoms with Crippen molar-refractivity contribution in [1.29, 1.82) is 5.26 Å². The summed E-state index contributed by atoms with van der Waals surface area (Å²) in [6.45, 7) is 3.72. The number of nitriles is 1. The summed E-state index contributed by atoms with van der Waals surface area (Å²) in [5.41, 5.74) is 1.62. The summed E-state index contributed by atoms with van der Waals surface area (Å²) in [5, 5.41) is 10.7. The zero-order chi connectivity index (χ0) is 33.6. The van der Waals surface area contributed by atoms with Crippen LogP contribution >= 0.6 is 0 Å². The molecule has 7 rings (SSSR count). The number of methoxy groups -OCH3 is 2. The van der Waals surface area contributed by atoms with Gasteiger partial charge in [-0.15, -0.1) is 0 Å². The number of rotatable bonds is 7. The van der Waals surface area contributed by atoms with Crippen LogP contribution in [0.1, 0.15) is 22.3 Å². The standard InChI is InChI=1S/C36H32N6O5S/c1-24-11-16-39-34-28(24)5-4-6-33(34)48(44,45)42-31-9-7-25(23-37)21-29(31)36(35(42)43,30-22-27(46-2)8-10-32(30)47-3)41-19-17-40(18-20-41)26-12-14-38-15-13-26/h4-16,21-22H,17-20H2,1-3H3. The van der Waals surface area contributed by atoms with Crippen LogP contribution in [0.15, 0.2) is 96.3 Å². The monoisotopic (exact) mass is 660 g/mol. The van der Waals surface area contributed by atoms with Crippen LogP contribution in [0.4, 0.5) is 11.4 Å². The summed E-state index contributed by atoms with van der Waals surface area (Å²) in [4.78, 5) is 28.2. The van der Waals surface area contributed by atoms with Crippen molar-refractivity contribution in [3.05, 3.63) is 114 Å². The maximum Gasteiger partial charge on any atom is 0.273 e. The fourth-order valence-electron chi connectivity index (χ4n) is 6.96. The third-order valence-corrected chi connectivity index (χ3v) is 11.0. The van der Waals surface area contributed by atoms with E-state index in [2.05, 4.69) is 20.9 Å². The second-order valence-corrected chi connectivity index (χ2v) is 13.4. The van der Waals surface area contributed by atoms with E-state index in [0.29, 0.717) is 54.2 Å². The average Bonchev–Trinajstić information content (AvgIpc) is 3.39. The molecule has 1 atom stereocenters. The molecule has 48 heavy (non-hydrogen) atoms. The lowest BCUT2D eigenvalue weighted by molar-refractivity contribution is -0.127. The Labute approximate surface area is 278 Å². The van der Waals surface area contributed by atoms with Gasteiger partial charge in [-0.25, -0.2) is 12.7 Å². The van der Waals surface area contributed by atoms with Crippen molar-refractivity contribution < 1.29 is 22.7 Å². The summed E-state index contributed by atoms with van der Waals surface area (Å²) < 4.78 is 42.2. The quantitative estimate of drug-likeness (QED) is 0.244. The number of amides is 1. The van der Waals surface area contributed by atoms with Gasteiger partial charge < -0.3 is 14.4 Å². The fourth-order valence-corrected chi connectivity index (χ4v) is 8.59. The highest BCUT2D eigenvalue weighted by atomic mass is 32.2. The van der Waals surface area contributed by atoms with E-state index in [9.17, 15) is 13.7 Å². The molecule has 0 radical (unpaired) electrons. The molecule has 0 aliphatic carbocycles. The SMILES string of the molecule is COc1ccc(OC)c(C2(N3CCN(c4ccncc4)CC3)C(=O)N(S(=O)(=O)c3cccc4c(C)ccnc34)c3ccc(C#N)cc32)c1. The minimum atomic E-state index is -4.55. The molecule has 1 unspecified atom stereocenters. The number of carbonyl (C=O) groups is 1. The predicted octanol–water partition coefficient (Wildman–Crippen LogP) is 4.63. The summed E-state index contributed by atoms with van der Waals surface area (Å²) >= 11 is 0. The number of pyridine rings is 2. The van der Waals surface area contributed by atoms with Crippen LogP contribution in [0.3, 0.4) is 0 Å². The van der Waals surface area contributed by atoms with E-state index in [1.165, 1.54) is 32.4 Å². The van der Waals surface area contributed by atoms with Crippen LogP contribution in [-0.2, 0) is 20.4 Å². The molecule has 1 fully saturated rings. The molecule has 1 saturated heterocycles. The van der Waals surface area contributed by atoms with Crippen molar-refractivity contribution in [3.63, 3.8) is 0 Å². The largest absolute Gasteiger partial charge is 0.497 e. The maximum absolute atomic E-state index is 15.5. The number of para-hydroxylation sites is 1. The zero-order valence-corrected chi connectivity index (χ0v) is 27.4. The van der Waals surface area contributed by atoms with Crippen molar-refractivity contribution in [3.8, 4) is 17.6 Å². The number of aromatic nitrogens is 2. The number of hydrogen-bond donors (Lipinski definition) is 0. The molecule has 0 saturated carbocycles. The predicted molar refractivity (Wildman–Crippen MR) is 181 cm³/mol. The molecular formula is C36H32N6O5S. The van der Waals surface area contributed by atoms with Crippen molar-refractivity contribution in [1.82, 2.24) is 14.9 Å². The number of hydrogen-bond acceptors (Lipinski definition) is 10. The molecule has 1 amide bonds. The van der Waals surface area contributed by atoms with Gasteiger partial charge in [-0.3, -0.25) is 19.7 Å². The normalized spacial score (nSPS) is 18.1. The first-order chi connectivity index (χ1) is 23.2. The van der Waals surface area contributed by atoms with E-state index >= 15 is 4.79 Å². The summed E-state index contributed by atoms with van der Waals surface area (Å²) in [6, 6.07) is 22.6. The Bertz CT molecular complexity index is 2210. The van der Waals surface area contributed by atoms with Gasteiger partial charge >= 0.3 is 0 Å². The lowest BCUT2D eigenvalue weighted by atomic mass is 9.80. The third-order valence-electron chi connectivity index (χ3n) is 9.28. The molecular weight excluding hydrogens is 628 g/mol. The van der Waals surface area contributed by atoms with Gasteiger partial charge in [0, 0.05) is 67.0 Å². The smallest absolute Gasteiger partial charge is 0.273 e. The number of sulfonamides is 1. The van der Waals surface area contributed by atoms with Gasteiger partial charge in [0.1, 0.15) is 16.4 Å². The van der Waals surface area contributed by atoms with Crippen LogP contribution in [-0.4, -0.2) is 69.6 Å². The number of benzene rings is 3. The van der Waals surface area contributed by atoms with Gasteiger partial charge in [0.2, 0.25) is 0 Å². The Hall–Kier alpha value is -5.51. The lowest BCUT2D eigenvalue weighted by Gasteiger charge is -2.46. The van der Waals surface area contributed by atoms with Gasteiger partial charge in [0.05, 0.1) is 37.1 Å². The first kappa shape index (κ1) is 31.1. The van der Waals surface area contributed by atoms with Crippen molar-refractivity contribution in [2.75, 3.05) is 49.6 Å². The Kier molecular flexibility index (Phi) is 7.74. The van der Waals surface area contributed by atoms with Crippen LogP contribution < -0.4 is 18.7 Å². The van der Waals surface area contributed by atoms with Gasteiger partial charge in [-0.05, 0) is 73.2 Å². The molecule has 242 valence electrons. The van der Waals surface area contributed by atoms with Gasteiger partial charge in [-0.1, -0.05) is 12.1 Å². The van der Waals surface area contributed by atoms with Gasteiger partial charge in [0.15, 0.2) is 5.54 Å². The lowest BCUT2D eigenvalue weighted by Crippen LogP contribution is -2.60. The molecule has 4 heterocycles. The topological polar surface area (TPSA) is 129 Å². The number of carbonyl (C=O) groups excluding carboxylic acids is 1. The van der Waals surface area contributed by atoms with E-state index in [0.717, 1.165) is 15.6 Å². The van der Waals surface area contributed by atoms with E-state index in [1.54, 1.807) is 48.9 Å². The fraction of sp³-hybridized carbons (Fsp3) is 0.222. The molecule has 2 aliphatic heterocycles. The Morgan fingerprint density at radius 3 is 2.35 bits per heavy atom. The van der Waals surface area contributed by atoms with Crippen molar-refractivity contribution >= 4 is 38.2 Å². The second kappa shape index (κ2) is 11.9. The van der Waals surface area contributed by atoms with Crippen LogP contribution in [0.2, 0.25) is 0 Å². The number of ether oxygens (including phenoxy) is 2. The Balaban J connectivity index is 1.48. The number of fused-ring (bicyclic) bond motifs is 2. The number of anilines is 2. The highest BCUT2D eigenvalue weighted by Gasteiger charge is 2.61. The molecule has 0 spiro atoms. The van der Waals surface area contributed by atoms with Crippen LogP contribution in [0.5, 0.6) is 11.5 Å². The maximum atomic E-state index is 15.5. The number of nitrogens with zero attached hydrogens (tertiary/aromatic N) is 6. The molecule has 2 aromatic heterocycles. The molecule has 0 bridgehead atoms. The summed E-state index contributed by atoms with van der Waals surface area (Å²) in [6.07, 6.45) is 5.02. The highest BCUT2D eigenvalue weighted by molar-refractivity contribution is 7.93. The van der Waals surface area contributed by atoms with Gasteiger partial charge in [0.25, 0.3) is 15.9 Å². The Morgan fingerprint density at radius 2 is 1.65 bits per heavy atom. The molecule has 2 aliphatic rings. The molecule has 12 heteroatoms. The molecule has 11 nitrogen and oxygen atoms in total. The highest BCUT2D eigenvalue weighted by Crippen LogP contribution is 2.53. The molecule has 3 aromatic carbocycles. The van der Waals surface area contributed by atoms with E-state index in [4.69, 9.17) is 9.47 Å².